The Kier molecular flexibility index (Phi) is 8.92. The molecular weight excluding hydrogens is 410 g/mol. The Morgan fingerprint density at radius 1 is 1.00 bits per heavy atom. The molecule has 0 aliphatic rings. The third-order valence-corrected chi connectivity index (χ3v) is 6.77. The van der Waals surface area contributed by atoms with Crippen LogP contribution >= 0.6 is 0 Å². The minimum absolute atomic E-state index is 0.00845. The molecule has 0 radical (unpaired) electrons. The smallest absolute Gasteiger partial charge is 0.261 e. The van der Waals surface area contributed by atoms with E-state index in [1.807, 2.05) is 49.9 Å². The van der Waals surface area contributed by atoms with Gasteiger partial charge in [-0.1, -0.05) is 39.0 Å². The highest BCUT2D eigenvalue weighted by Gasteiger charge is 2.23. The van der Waals surface area contributed by atoms with Crippen molar-refractivity contribution in [2.45, 2.75) is 51.5 Å². The number of amides is 1. The maximum Gasteiger partial charge on any atom is 0.261 e. The summed E-state index contributed by atoms with van der Waals surface area (Å²) in [6.45, 7) is 7.26. The standard InChI is InChI=1S/C24H35N3O3S/c1-6-16-27(24(28)19(7-2)8-3)18-20-17-21(14-15-23(20)26(4)5)25-31(29,30)22-12-10-9-11-13-22/h9-15,17,19,25H,6-8,16,18H2,1-5H3. The fraction of sp³-hybridized carbons (Fsp3) is 0.458. The Morgan fingerprint density at radius 3 is 2.19 bits per heavy atom. The van der Waals surface area contributed by atoms with Gasteiger partial charge in [0.1, 0.15) is 0 Å². The number of nitrogens with one attached hydrogen (secondary N) is 1. The van der Waals surface area contributed by atoms with Crippen molar-refractivity contribution >= 4 is 27.3 Å². The fourth-order valence-electron chi connectivity index (χ4n) is 3.66. The maximum atomic E-state index is 13.1. The summed E-state index contributed by atoms with van der Waals surface area (Å²) in [6, 6.07) is 13.8. The summed E-state index contributed by atoms with van der Waals surface area (Å²) in [5, 5.41) is 0. The minimum Gasteiger partial charge on any atom is -0.377 e. The van der Waals surface area contributed by atoms with E-state index in [9.17, 15) is 13.2 Å². The highest BCUT2D eigenvalue weighted by atomic mass is 32.2. The lowest BCUT2D eigenvalue weighted by molar-refractivity contribution is -0.136. The second-order valence-electron chi connectivity index (χ2n) is 7.93. The van der Waals surface area contributed by atoms with E-state index < -0.39 is 10.0 Å². The summed E-state index contributed by atoms with van der Waals surface area (Å²) < 4.78 is 28.2. The molecule has 6 nitrogen and oxygen atoms in total. The van der Waals surface area contributed by atoms with Gasteiger partial charge < -0.3 is 9.80 Å². The number of sulfonamides is 1. The Hall–Kier alpha value is -2.54. The van der Waals surface area contributed by atoms with Crippen molar-refractivity contribution in [3.05, 3.63) is 54.1 Å². The lowest BCUT2D eigenvalue weighted by atomic mass is 10.0. The van der Waals surface area contributed by atoms with E-state index in [2.05, 4.69) is 11.6 Å². The van der Waals surface area contributed by atoms with Gasteiger partial charge in [-0.15, -0.1) is 0 Å². The number of rotatable bonds is 11. The highest BCUT2D eigenvalue weighted by molar-refractivity contribution is 7.92. The first-order valence-electron chi connectivity index (χ1n) is 10.9. The maximum absolute atomic E-state index is 13.1. The average molecular weight is 446 g/mol. The predicted octanol–water partition coefficient (Wildman–Crippen LogP) is 4.73. The molecule has 1 amide bonds. The lowest BCUT2D eigenvalue weighted by Gasteiger charge is -2.28. The molecule has 2 aromatic rings. The van der Waals surface area contributed by atoms with E-state index in [-0.39, 0.29) is 16.7 Å². The summed E-state index contributed by atoms with van der Waals surface area (Å²) in [7, 11) is 0.204. The van der Waals surface area contributed by atoms with E-state index in [1.165, 1.54) is 0 Å². The van der Waals surface area contributed by atoms with Gasteiger partial charge in [-0.3, -0.25) is 9.52 Å². The Balaban J connectivity index is 2.37. The van der Waals surface area contributed by atoms with Crippen LogP contribution in [0.5, 0.6) is 0 Å². The van der Waals surface area contributed by atoms with Crippen LogP contribution in [0.2, 0.25) is 0 Å². The molecule has 0 atom stereocenters. The average Bonchev–Trinajstić information content (AvgIpc) is 2.74. The second-order valence-corrected chi connectivity index (χ2v) is 9.61. The number of hydrogen-bond donors (Lipinski definition) is 1. The van der Waals surface area contributed by atoms with Crippen molar-refractivity contribution in [3.63, 3.8) is 0 Å². The van der Waals surface area contributed by atoms with Crippen molar-refractivity contribution in [2.24, 2.45) is 5.92 Å². The van der Waals surface area contributed by atoms with Crippen molar-refractivity contribution in [1.82, 2.24) is 4.90 Å². The number of carbonyl (C=O) groups excluding carboxylic acids is 1. The molecule has 0 fully saturated rings. The SMILES string of the molecule is CCCN(Cc1cc(NS(=O)(=O)c2ccccc2)ccc1N(C)C)C(=O)C(CC)CC. The van der Waals surface area contributed by atoms with Gasteiger partial charge in [-0.2, -0.15) is 0 Å². The fourth-order valence-corrected chi connectivity index (χ4v) is 4.74. The molecule has 0 aliphatic heterocycles. The van der Waals surface area contributed by atoms with Gasteiger partial charge in [0.2, 0.25) is 5.91 Å². The van der Waals surface area contributed by atoms with Crippen LogP contribution in [0.15, 0.2) is 53.4 Å². The Bertz CT molecular complexity index is 955. The summed E-state index contributed by atoms with van der Waals surface area (Å²) in [6.07, 6.45) is 2.49. The topological polar surface area (TPSA) is 69.7 Å². The van der Waals surface area contributed by atoms with Crippen LogP contribution < -0.4 is 9.62 Å². The molecule has 0 aromatic heterocycles. The summed E-state index contributed by atoms with van der Waals surface area (Å²) >= 11 is 0. The van der Waals surface area contributed by atoms with E-state index in [4.69, 9.17) is 0 Å². The van der Waals surface area contributed by atoms with Crippen LogP contribution in [0.25, 0.3) is 0 Å². The zero-order valence-corrected chi connectivity index (χ0v) is 20.1. The predicted molar refractivity (Wildman–Crippen MR) is 128 cm³/mol. The monoisotopic (exact) mass is 445 g/mol. The van der Waals surface area contributed by atoms with E-state index >= 15 is 0 Å². The first-order valence-corrected chi connectivity index (χ1v) is 12.4. The largest absolute Gasteiger partial charge is 0.377 e. The zero-order valence-electron chi connectivity index (χ0n) is 19.3. The molecule has 0 bridgehead atoms. The first kappa shape index (κ1) is 24.7. The molecule has 2 rings (SSSR count). The van der Waals surface area contributed by atoms with Crippen LogP contribution in [0.3, 0.4) is 0 Å². The molecule has 31 heavy (non-hydrogen) atoms. The van der Waals surface area contributed by atoms with E-state index in [1.54, 1.807) is 36.4 Å². The van der Waals surface area contributed by atoms with Crippen molar-refractivity contribution in [2.75, 3.05) is 30.3 Å². The van der Waals surface area contributed by atoms with Crippen LogP contribution in [-0.4, -0.2) is 39.9 Å². The molecule has 170 valence electrons. The van der Waals surface area contributed by atoms with Gasteiger partial charge in [0.05, 0.1) is 4.90 Å². The molecule has 0 spiro atoms. The van der Waals surface area contributed by atoms with Gasteiger partial charge in [-0.05, 0) is 55.2 Å². The lowest BCUT2D eigenvalue weighted by Crippen LogP contribution is -2.36. The summed E-state index contributed by atoms with van der Waals surface area (Å²) in [5.41, 5.74) is 2.35. The van der Waals surface area contributed by atoms with Crippen LogP contribution in [0, 0.1) is 5.92 Å². The van der Waals surface area contributed by atoms with Crippen molar-refractivity contribution in [3.8, 4) is 0 Å². The van der Waals surface area contributed by atoms with Crippen molar-refractivity contribution in [1.29, 1.82) is 0 Å². The van der Waals surface area contributed by atoms with Gasteiger partial charge in [0.25, 0.3) is 10.0 Å². The van der Waals surface area contributed by atoms with Crippen LogP contribution in [0.1, 0.15) is 45.6 Å². The Labute approximate surface area is 187 Å². The Morgan fingerprint density at radius 2 is 1.65 bits per heavy atom. The number of benzene rings is 2. The van der Waals surface area contributed by atoms with Gasteiger partial charge in [0, 0.05) is 44.5 Å². The van der Waals surface area contributed by atoms with Crippen LogP contribution in [-0.2, 0) is 21.4 Å². The quantitative estimate of drug-likeness (QED) is 0.543. The third kappa shape index (κ3) is 6.47. The summed E-state index contributed by atoms with van der Waals surface area (Å²) in [4.78, 5) is 17.2. The minimum atomic E-state index is -3.68. The third-order valence-electron chi connectivity index (χ3n) is 5.37. The molecule has 0 saturated heterocycles. The summed E-state index contributed by atoms with van der Waals surface area (Å²) in [5.74, 6) is 0.168. The molecule has 0 unspecified atom stereocenters. The molecule has 1 N–H and O–H groups in total. The van der Waals surface area contributed by atoms with Gasteiger partial charge >= 0.3 is 0 Å². The van der Waals surface area contributed by atoms with E-state index in [0.29, 0.717) is 18.8 Å². The number of anilines is 2. The number of nitrogens with zero attached hydrogens (tertiary/aromatic N) is 2. The highest BCUT2D eigenvalue weighted by Crippen LogP contribution is 2.27. The molecule has 0 heterocycles. The first-order chi connectivity index (χ1) is 14.7. The number of carbonyl (C=O) groups is 1. The molecular formula is C24H35N3O3S. The molecule has 7 heteroatoms. The van der Waals surface area contributed by atoms with Gasteiger partial charge in [-0.25, -0.2) is 8.42 Å². The molecule has 0 aliphatic carbocycles. The van der Waals surface area contributed by atoms with Crippen LogP contribution in [0.4, 0.5) is 11.4 Å². The zero-order chi connectivity index (χ0) is 23.0. The second kappa shape index (κ2) is 11.2. The normalized spacial score (nSPS) is 11.4. The van der Waals surface area contributed by atoms with E-state index in [0.717, 1.165) is 30.5 Å². The number of hydrogen-bond acceptors (Lipinski definition) is 4. The van der Waals surface area contributed by atoms with Gasteiger partial charge in [0.15, 0.2) is 0 Å². The molecule has 2 aromatic carbocycles. The van der Waals surface area contributed by atoms with Crippen molar-refractivity contribution < 1.29 is 13.2 Å². The molecule has 0 saturated carbocycles.